The van der Waals surface area contributed by atoms with E-state index in [-0.39, 0.29) is 0 Å². The number of aryl methyl sites for hydroxylation is 1. The molecule has 116 valence electrons. The van der Waals surface area contributed by atoms with Gasteiger partial charge in [-0.1, -0.05) is 22.9 Å². The maximum atomic E-state index is 3.76. The van der Waals surface area contributed by atoms with Crippen molar-refractivity contribution in [2.75, 3.05) is 11.4 Å². The number of nitrogens with zero attached hydrogens (tertiary/aromatic N) is 1. The summed E-state index contributed by atoms with van der Waals surface area (Å²) in [4.78, 5) is 2.73. The van der Waals surface area contributed by atoms with Crippen LogP contribution < -0.4 is 10.2 Å². The van der Waals surface area contributed by atoms with E-state index in [1.54, 1.807) is 0 Å². The second-order valence-electron chi connectivity index (χ2n) is 6.70. The molecule has 3 heteroatoms. The number of piperidine rings is 2. The van der Waals surface area contributed by atoms with E-state index in [1.807, 2.05) is 0 Å². The molecular formula is C18H27BrN2. The van der Waals surface area contributed by atoms with Crippen LogP contribution in [0.2, 0.25) is 0 Å². The van der Waals surface area contributed by atoms with E-state index in [0.29, 0.717) is 0 Å². The van der Waals surface area contributed by atoms with Crippen molar-refractivity contribution in [3.8, 4) is 0 Å². The lowest BCUT2D eigenvalue weighted by atomic mass is 9.81. The van der Waals surface area contributed by atoms with Crippen LogP contribution in [0, 0.1) is 6.92 Å². The molecule has 2 nitrogen and oxygen atoms in total. The quantitative estimate of drug-likeness (QED) is 0.850. The summed E-state index contributed by atoms with van der Waals surface area (Å²) in [5.74, 6) is 0. The minimum atomic E-state index is 0.729. The maximum absolute atomic E-state index is 3.76. The summed E-state index contributed by atoms with van der Waals surface area (Å²) in [6.45, 7) is 5.62. The predicted molar refractivity (Wildman–Crippen MR) is 94.1 cm³/mol. The molecule has 3 rings (SSSR count). The number of anilines is 1. The Morgan fingerprint density at radius 2 is 1.95 bits per heavy atom. The van der Waals surface area contributed by atoms with E-state index >= 15 is 0 Å². The van der Waals surface area contributed by atoms with Gasteiger partial charge in [0.2, 0.25) is 0 Å². The summed E-state index contributed by atoms with van der Waals surface area (Å²) in [5.41, 5.74) is 2.77. The van der Waals surface area contributed by atoms with Crippen LogP contribution in [0.4, 0.5) is 5.69 Å². The first kappa shape index (κ1) is 15.4. The van der Waals surface area contributed by atoms with Crippen molar-refractivity contribution in [2.45, 2.75) is 70.5 Å². The second kappa shape index (κ2) is 6.70. The van der Waals surface area contributed by atoms with E-state index < -0.39 is 0 Å². The van der Waals surface area contributed by atoms with Crippen molar-refractivity contribution in [1.82, 2.24) is 5.32 Å². The molecule has 2 bridgehead atoms. The smallest absolute Gasteiger partial charge is 0.0374 e. The van der Waals surface area contributed by atoms with Crippen molar-refractivity contribution >= 4 is 21.6 Å². The third-order valence-corrected chi connectivity index (χ3v) is 5.99. The van der Waals surface area contributed by atoms with Crippen molar-refractivity contribution < 1.29 is 0 Å². The zero-order valence-corrected chi connectivity index (χ0v) is 14.8. The third-order valence-electron chi connectivity index (χ3n) is 5.10. The van der Waals surface area contributed by atoms with Crippen LogP contribution >= 0.6 is 15.9 Å². The summed E-state index contributed by atoms with van der Waals surface area (Å²) >= 11 is 3.62. The van der Waals surface area contributed by atoms with Crippen molar-refractivity contribution in [3.63, 3.8) is 0 Å². The molecule has 2 saturated heterocycles. The monoisotopic (exact) mass is 350 g/mol. The number of fused-ring (bicyclic) bond motifs is 2. The van der Waals surface area contributed by atoms with Gasteiger partial charge in [0, 0.05) is 28.3 Å². The van der Waals surface area contributed by atoms with Gasteiger partial charge in [-0.3, -0.25) is 0 Å². The molecule has 0 spiro atoms. The summed E-state index contributed by atoms with van der Waals surface area (Å²) in [6, 6.07) is 9.05. The zero-order chi connectivity index (χ0) is 14.8. The van der Waals surface area contributed by atoms with Crippen LogP contribution in [0.15, 0.2) is 22.7 Å². The molecule has 1 N–H and O–H groups in total. The average molecular weight is 351 g/mol. The summed E-state index contributed by atoms with van der Waals surface area (Å²) in [5, 5.41) is 3.76. The van der Waals surface area contributed by atoms with Crippen LogP contribution in [-0.4, -0.2) is 24.7 Å². The van der Waals surface area contributed by atoms with Crippen LogP contribution in [0.25, 0.3) is 0 Å². The molecule has 2 heterocycles. The Bertz CT molecular complexity index is 474. The minimum absolute atomic E-state index is 0.729. The van der Waals surface area contributed by atoms with Crippen molar-refractivity contribution in [3.05, 3.63) is 28.2 Å². The number of benzene rings is 1. The molecule has 2 aliphatic rings. The molecule has 0 aliphatic carbocycles. The van der Waals surface area contributed by atoms with E-state index in [0.717, 1.165) is 18.1 Å². The fraction of sp³-hybridized carbons (Fsp3) is 0.667. The van der Waals surface area contributed by atoms with Crippen LogP contribution in [0.3, 0.4) is 0 Å². The van der Waals surface area contributed by atoms with Gasteiger partial charge in [0.05, 0.1) is 0 Å². The number of rotatable bonds is 4. The van der Waals surface area contributed by atoms with Crippen molar-refractivity contribution in [1.29, 1.82) is 0 Å². The maximum Gasteiger partial charge on any atom is 0.0374 e. The fourth-order valence-corrected chi connectivity index (χ4v) is 4.35. The van der Waals surface area contributed by atoms with Crippen LogP contribution in [0.1, 0.15) is 51.0 Å². The molecule has 0 aromatic heterocycles. The van der Waals surface area contributed by atoms with Gasteiger partial charge in [-0.2, -0.15) is 0 Å². The highest BCUT2D eigenvalue weighted by Gasteiger charge is 2.38. The summed E-state index contributed by atoms with van der Waals surface area (Å²) in [6.07, 6.45) is 7.98. The topological polar surface area (TPSA) is 15.3 Å². The highest BCUT2D eigenvalue weighted by atomic mass is 79.9. The Kier molecular flexibility index (Phi) is 4.90. The highest BCUT2D eigenvalue weighted by Crippen LogP contribution is 2.38. The fourth-order valence-electron chi connectivity index (χ4n) is 4.11. The second-order valence-corrected chi connectivity index (χ2v) is 7.56. The molecule has 21 heavy (non-hydrogen) atoms. The van der Waals surface area contributed by atoms with Gasteiger partial charge in [0.25, 0.3) is 0 Å². The van der Waals surface area contributed by atoms with Crippen LogP contribution in [0.5, 0.6) is 0 Å². The first-order valence-corrected chi connectivity index (χ1v) is 9.26. The third kappa shape index (κ3) is 3.29. The molecule has 1 aromatic rings. The SMILES string of the molecule is CCCNC1CC2CCCC(C1)N2c1ccc(Br)c(C)c1. The highest BCUT2D eigenvalue weighted by molar-refractivity contribution is 9.10. The van der Waals surface area contributed by atoms with Gasteiger partial charge in [0.1, 0.15) is 0 Å². The number of nitrogens with one attached hydrogen (secondary N) is 1. The standard InChI is InChI=1S/C18H27BrN2/c1-3-9-20-14-11-15-5-4-6-16(12-14)21(15)17-7-8-18(19)13(2)10-17/h7-8,10,14-16,20H,3-6,9,11-12H2,1-2H3. The van der Waals surface area contributed by atoms with Gasteiger partial charge in [-0.05, 0) is 75.8 Å². The first-order chi connectivity index (χ1) is 10.2. The Balaban J connectivity index is 1.78. The molecule has 1 aromatic carbocycles. The zero-order valence-electron chi connectivity index (χ0n) is 13.2. The van der Waals surface area contributed by atoms with Gasteiger partial charge >= 0.3 is 0 Å². The molecule has 2 unspecified atom stereocenters. The Labute approximate surface area is 137 Å². The van der Waals surface area contributed by atoms with Crippen molar-refractivity contribution in [2.24, 2.45) is 0 Å². The molecule has 0 radical (unpaired) electrons. The lowest BCUT2D eigenvalue weighted by molar-refractivity contribution is 0.246. The van der Waals surface area contributed by atoms with Gasteiger partial charge < -0.3 is 10.2 Å². The van der Waals surface area contributed by atoms with E-state index in [9.17, 15) is 0 Å². The van der Waals surface area contributed by atoms with E-state index in [4.69, 9.17) is 0 Å². The van der Waals surface area contributed by atoms with Gasteiger partial charge in [-0.25, -0.2) is 0 Å². The Morgan fingerprint density at radius 3 is 2.57 bits per heavy atom. The number of halogens is 1. The lowest BCUT2D eigenvalue weighted by Crippen LogP contribution is -2.56. The molecule has 0 saturated carbocycles. The Morgan fingerprint density at radius 1 is 1.24 bits per heavy atom. The van der Waals surface area contributed by atoms with E-state index in [1.165, 1.54) is 60.8 Å². The first-order valence-electron chi connectivity index (χ1n) is 8.47. The van der Waals surface area contributed by atoms with E-state index in [2.05, 4.69) is 58.2 Å². The average Bonchev–Trinajstić information content (AvgIpc) is 2.47. The molecule has 2 aliphatic heterocycles. The number of hydrogen-bond acceptors (Lipinski definition) is 2. The number of hydrogen-bond donors (Lipinski definition) is 1. The van der Waals surface area contributed by atoms with Gasteiger partial charge in [-0.15, -0.1) is 0 Å². The lowest BCUT2D eigenvalue weighted by Gasteiger charge is -2.50. The normalized spacial score (nSPS) is 28.7. The summed E-state index contributed by atoms with van der Waals surface area (Å²) in [7, 11) is 0. The van der Waals surface area contributed by atoms with Gasteiger partial charge in [0.15, 0.2) is 0 Å². The molecule has 2 fully saturated rings. The Hall–Kier alpha value is -0.540. The molecule has 0 amide bonds. The largest absolute Gasteiger partial charge is 0.365 e. The summed E-state index contributed by atoms with van der Waals surface area (Å²) < 4.78 is 1.22. The molecule has 2 atom stereocenters. The minimum Gasteiger partial charge on any atom is -0.365 e. The molecular weight excluding hydrogens is 324 g/mol. The van der Waals surface area contributed by atoms with Crippen LogP contribution in [-0.2, 0) is 0 Å². The predicted octanol–water partition coefficient (Wildman–Crippen LogP) is 4.65.